The van der Waals surface area contributed by atoms with Crippen molar-refractivity contribution in [1.29, 1.82) is 0 Å². The van der Waals surface area contributed by atoms with Gasteiger partial charge in [-0.1, -0.05) is 12.1 Å². The maximum atomic E-state index is 13.3. The van der Waals surface area contributed by atoms with Gasteiger partial charge in [0.15, 0.2) is 5.65 Å². The minimum Gasteiger partial charge on any atom is -0.491 e. The second-order valence-corrected chi connectivity index (χ2v) is 8.43. The van der Waals surface area contributed by atoms with E-state index < -0.39 is 20.1 Å². The first-order valence-corrected chi connectivity index (χ1v) is 11.5. The van der Waals surface area contributed by atoms with Crippen LogP contribution in [-0.4, -0.2) is 49.2 Å². The average molecular weight is 487 g/mol. The van der Waals surface area contributed by atoms with E-state index in [1.54, 1.807) is 60.5 Å². The minimum atomic E-state index is -4.78. The van der Waals surface area contributed by atoms with E-state index in [0.29, 0.717) is 47.2 Å². The fourth-order valence-electron chi connectivity index (χ4n) is 3.31. The van der Waals surface area contributed by atoms with Crippen LogP contribution in [0.4, 0.5) is 5.82 Å². The van der Waals surface area contributed by atoms with E-state index >= 15 is 0 Å². The first-order chi connectivity index (χ1) is 16.3. The minimum absolute atomic E-state index is 0.238. The Morgan fingerprint density at radius 3 is 2.50 bits per heavy atom. The maximum absolute atomic E-state index is 13.3. The quantitative estimate of drug-likeness (QED) is 0.235. The molecule has 0 amide bonds. The van der Waals surface area contributed by atoms with Gasteiger partial charge < -0.3 is 25.0 Å². The summed E-state index contributed by atoms with van der Waals surface area (Å²) in [5.74, 6) is 0.979. The number of benzene rings is 1. The van der Waals surface area contributed by atoms with Crippen molar-refractivity contribution in [2.45, 2.75) is 6.73 Å². The Labute approximate surface area is 193 Å². The van der Waals surface area contributed by atoms with Gasteiger partial charge in [0.1, 0.15) is 31.2 Å². The lowest BCUT2D eigenvalue weighted by molar-refractivity contribution is 0.146. The number of hydrogen-bond donors (Lipinski definition) is 3. The SMILES string of the molecule is COCCOc1ccc(-c2cn(-c3ccc(N)nc3)c3ncn(COP(=O)(O)O)c(=O)c23)cc1. The number of nitrogen functional groups attached to an aromatic ring is 1. The first-order valence-electron chi connectivity index (χ1n) is 10.0. The normalized spacial score (nSPS) is 11.7. The molecule has 1 aromatic carbocycles. The van der Waals surface area contributed by atoms with Crippen molar-refractivity contribution in [2.75, 3.05) is 26.1 Å². The van der Waals surface area contributed by atoms with E-state index in [9.17, 15) is 9.36 Å². The van der Waals surface area contributed by atoms with Gasteiger partial charge in [-0.2, -0.15) is 0 Å². The van der Waals surface area contributed by atoms with Gasteiger partial charge in [0.05, 0.1) is 23.9 Å². The predicted octanol–water partition coefficient (Wildman–Crippen LogP) is 1.92. The molecule has 0 bridgehead atoms. The summed E-state index contributed by atoms with van der Waals surface area (Å²) in [6.45, 7) is 0.187. The number of ether oxygens (including phenoxy) is 2. The molecule has 0 spiro atoms. The van der Waals surface area contributed by atoms with Crippen molar-refractivity contribution < 1.29 is 28.3 Å². The number of fused-ring (bicyclic) bond motifs is 1. The summed E-state index contributed by atoms with van der Waals surface area (Å²) >= 11 is 0. The van der Waals surface area contributed by atoms with E-state index in [1.165, 1.54) is 0 Å². The van der Waals surface area contributed by atoms with Crippen LogP contribution in [0.15, 0.2) is 59.9 Å². The van der Waals surface area contributed by atoms with E-state index in [1.807, 2.05) is 0 Å². The van der Waals surface area contributed by atoms with Gasteiger partial charge in [0.2, 0.25) is 0 Å². The van der Waals surface area contributed by atoms with Crippen LogP contribution in [0.25, 0.3) is 27.8 Å². The zero-order chi connectivity index (χ0) is 24.3. The largest absolute Gasteiger partial charge is 0.491 e. The van der Waals surface area contributed by atoms with Gasteiger partial charge in [-0.3, -0.25) is 18.5 Å². The number of pyridine rings is 1. The summed E-state index contributed by atoms with van der Waals surface area (Å²) in [5, 5.41) is 0.238. The molecule has 34 heavy (non-hydrogen) atoms. The monoisotopic (exact) mass is 487 g/mol. The van der Waals surface area contributed by atoms with Crippen molar-refractivity contribution in [1.82, 2.24) is 19.1 Å². The molecule has 0 aliphatic rings. The van der Waals surface area contributed by atoms with Crippen LogP contribution in [0.2, 0.25) is 0 Å². The summed E-state index contributed by atoms with van der Waals surface area (Å²) in [6.07, 6.45) is 4.45. The van der Waals surface area contributed by atoms with Crippen LogP contribution in [-0.2, 0) is 20.6 Å². The van der Waals surface area contributed by atoms with Crippen molar-refractivity contribution in [2.24, 2.45) is 0 Å². The van der Waals surface area contributed by atoms with Gasteiger partial charge in [0.25, 0.3) is 5.56 Å². The number of methoxy groups -OCH3 is 1. The third-order valence-corrected chi connectivity index (χ3v) is 5.36. The molecule has 4 rings (SSSR count). The maximum Gasteiger partial charge on any atom is 0.471 e. The van der Waals surface area contributed by atoms with Crippen LogP contribution < -0.4 is 16.0 Å². The van der Waals surface area contributed by atoms with Gasteiger partial charge in [-0.25, -0.2) is 14.5 Å². The number of nitrogens with two attached hydrogens (primary N) is 1. The summed E-state index contributed by atoms with van der Waals surface area (Å²) in [7, 11) is -3.19. The standard InChI is InChI=1S/C21H22N5O7P/c1-31-8-9-32-16-5-2-14(3-6-16)17-11-26(15-4-7-18(22)23-10-15)20-19(17)21(27)25(12-24-20)13-33-34(28,29)30/h2-7,10-12H,8-9,13H2,1H3,(H2,22,23)(H2,28,29,30). The average Bonchev–Trinajstić information content (AvgIpc) is 3.20. The lowest BCUT2D eigenvalue weighted by atomic mass is 10.1. The highest BCUT2D eigenvalue weighted by Gasteiger charge is 2.20. The third-order valence-electron chi connectivity index (χ3n) is 4.91. The fraction of sp³-hybridized carbons (Fsp3) is 0.190. The van der Waals surface area contributed by atoms with Crippen LogP contribution >= 0.6 is 7.82 Å². The molecule has 0 unspecified atom stereocenters. The summed E-state index contributed by atoms with van der Waals surface area (Å²) in [4.78, 5) is 39.7. The zero-order valence-corrected chi connectivity index (χ0v) is 19.0. The molecule has 12 nitrogen and oxygen atoms in total. The second kappa shape index (κ2) is 9.75. The van der Waals surface area contributed by atoms with Gasteiger partial charge in [-0.15, -0.1) is 0 Å². The molecule has 3 aromatic heterocycles. The third kappa shape index (κ3) is 5.16. The lowest BCUT2D eigenvalue weighted by Gasteiger charge is -2.09. The predicted molar refractivity (Wildman–Crippen MR) is 123 cm³/mol. The molecular formula is C21H22N5O7P. The van der Waals surface area contributed by atoms with E-state index in [0.717, 1.165) is 10.9 Å². The Kier molecular flexibility index (Phi) is 6.77. The molecule has 0 saturated heterocycles. The van der Waals surface area contributed by atoms with Crippen LogP contribution in [0.5, 0.6) is 5.75 Å². The van der Waals surface area contributed by atoms with Gasteiger partial charge in [0, 0.05) is 18.9 Å². The lowest BCUT2D eigenvalue weighted by Crippen LogP contribution is -2.21. The van der Waals surface area contributed by atoms with Crippen molar-refractivity contribution in [3.63, 3.8) is 0 Å². The molecular weight excluding hydrogens is 465 g/mol. The Hall–Kier alpha value is -3.54. The molecule has 0 radical (unpaired) electrons. The first kappa shape index (κ1) is 23.6. The van der Waals surface area contributed by atoms with E-state index in [2.05, 4.69) is 14.5 Å². The molecule has 0 saturated carbocycles. The number of anilines is 1. The highest BCUT2D eigenvalue weighted by atomic mass is 31.2. The van der Waals surface area contributed by atoms with Gasteiger partial charge >= 0.3 is 7.82 Å². The fourth-order valence-corrected chi connectivity index (χ4v) is 3.59. The molecule has 0 fully saturated rings. The number of rotatable bonds is 9. The van der Waals surface area contributed by atoms with Crippen LogP contribution in [0, 0.1) is 0 Å². The van der Waals surface area contributed by atoms with Crippen LogP contribution in [0.1, 0.15) is 0 Å². The van der Waals surface area contributed by atoms with Crippen LogP contribution in [0.3, 0.4) is 0 Å². The van der Waals surface area contributed by atoms with Gasteiger partial charge in [-0.05, 0) is 29.8 Å². The zero-order valence-electron chi connectivity index (χ0n) is 18.1. The molecule has 0 aliphatic carbocycles. The molecule has 4 N–H and O–H groups in total. The molecule has 0 atom stereocenters. The number of aromatic nitrogens is 4. The molecule has 3 heterocycles. The number of phosphoric acid groups is 1. The molecule has 178 valence electrons. The summed E-state index contributed by atoms with van der Waals surface area (Å²) in [6, 6.07) is 10.5. The Balaban J connectivity index is 1.82. The highest BCUT2D eigenvalue weighted by molar-refractivity contribution is 7.46. The number of hydrogen-bond acceptors (Lipinski definition) is 8. The Morgan fingerprint density at radius 2 is 1.85 bits per heavy atom. The Morgan fingerprint density at radius 1 is 1.09 bits per heavy atom. The van der Waals surface area contributed by atoms with E-state index in [4.69, 9.17) is 25.0 Å². The topological polar surface area (TPSA) is 164 Å². The van der Waals surface area contributed by atoms with Crippen molar-refractivity contribution in [3.8, 4) is 22.6 Å². The Bertz CT molecular complexity index is 1390. The van der Waals surface area contributed by atoms with Crippen molar-refractivity contribution in [3.05, 3.63) is 65.5 Å². The highest BCUT2D eigenvalue weighted by Crippen LogP contribution is 2.36. The van der Waals surface area contributed by atoms with E-state index in [-0.39, 0.29) is 5.39 Å². The number of nitrogens with zero attached hydrogens (tertiary/aromatic N) is 4. The molecule has 0 aliphatic heterocycles. The number of phosphoric ester groups is 1. The van der Waals surface area contributed by atoms with Crippen molar-refractivity contribution >= 4 is 24.7 Å². The molecule has 13 heteroatoms. The smallest absolute Gasteiger partial charge is 0.471 e. The molecule has 4 aromatic rings. The summed E-state index contributed by atoms with van der Waals surface area (Å²) in [5.41, 5.74) is 7.39. The second-order valence-electron chi connectivity index (χ2n) is 7.19. The summed E-state index contributed by atoms with van der Waals surface area (Å²) < 4.78 is 28.8.